The minimum absolute atomic E-state index is 0.0147. The maximum Gasteiger partial charge on any atom is 0.304 e. The molecule has 0 amide bonds. The minimum atomic E-state index is -0.878. The number of aryl methyl sites for hydroxylation is 2. The van der Waals surface area contributed by atoms with Crippen LogP contribution in [0.15, 0.2) is 42.5 Å². The molecule has 3 aromatic carbocycles. The molecule has 2 N–H and O–H groups in total. The number of carbonyl (C=O) groups is 1. The summed E-state index contributed by atoms with van der Waals surface area (Å²) in [6.45, 7) is 5.66. The van der Waals surface area contributed by atoms with Crippen LogP contribution in [0.25, 0.3) is 11.1 Å². The Labute approximate surface area is 238 Å². The lowest BCUT2D eigenvalue weighted by atomic mass is 9.90. The summed E-state index contributed by atoms with van der Waals surface area (Å²) in [6.07, 6.45) is 2.00. The topological polar surface area (TPSA) is 94.5 Å². The number of aliphatic hydroxyl groups is 1. The van der Waals surface area contributed by atoms with E-state index in [9.17, 15) is 9.90 Å². The number of rotatable bonds is 8. The summed E-state index contributed by atoms with van der Waals surface area (Å²) < 4.78 is 38.7. The zero-order valence-corrected chi connectivity index (χ0v) is 23.4. The second-order valence-electron chi connectivity index (χ2n) is 11.5. The molecule has 1 fully saturated rings. The highest BCUT2D eigenvalue weighted by Gasteiger charge is 2.33. The number of hydrogen-bond donors (Lipinski definition) is 2. The van der Waals surface area contributed by atoms with Gasteiger partial charge in [0.05, 0.1) is 13.0 Å². The smallest absolute Gasteiger partial charge is 0.304 e. The van der Waals surface area contributed by atoms with Crippen LogP contribution in [-0.4, -0.2) is 48.2 Å². The van der Waals surface area contributed by atoms with Crippen molar-refractivity contribution in [1.82, 2.24) is 0 Å². The molecule has 8 heteroatoms. The fourth-order valence-corrected chi connectivity index (χ4v) is 6.45. The lowest BCUT2D eigenvalue weighted by Gasteiger charge is -2.31. The summed E-state index contributed by atoms with van der Waals surface area (Å²) in [5.74, 6) is 0.569. The van der Waals surface area contributed by atoms with Crippen molar-refractivity contribution >= 4 is 5.97 Å². The van der Waals surface area contributed by atoms with Gasteiger partial charge < -0.3 is 29.2 Å². The quantitative estimate of drug-likeness (QED) is 0.345. The van der Waals surface area contributed by atoms with Crippen LogP contribution in [-0.2, 0) is 16.0 Å². The average Bonchev–Trinajstić information content (AvgIpc) is 3.53. The maximum atomic E-state index is 15.3. The molecule has 3 aromatic rings. The molecule has 6 rings (SSSR count). The maximum absolute atomic E-state index is 15.3. The number of halogens is 1. The molecule has 0 bridgehead atoms. The fourth-order valence-electron chi connectivity index (χ4n) is 6.45. The van der Waals surface area contributed by atoms with E-state index in [1.54, 1.807) is 6.07 Å². The molecule has 3 aliphatic rings. The van der Waals surface area contributed by atoms with E-state index in [0.717, 1.165) is 33.4 Å². The molecule has 216 valence electrons. The van der Waals surface area contributed by atoms with Gasteiger partial charge in [-0.25, -0.2) is 4.39 Å². The van der Waals surface area contributed by atoms with E-state index in [1.807, 2.05) is 44.2 Å². The van der Waals surface area contributed by atoms with Crippen LogP contribution in [0.5, 0.6) is 17.2 Å². The molecule has 0 radical (unpaired) electrons. The molecule has 2 aliphatic heterocycles. The third kappa shape index (κ3) is 5.51. The van der Waals surface area contributed by atoms with Crippen molar-refractivity contribution in [2.75, 3.05) is 26.4 Å². The lowest BCUT2D eigenvalue weighted by Crippen LogP contribution is -2.41. The molecule has 2 atom stereocenters. The molecule has 0 unspecified atom stereocenters. The largest absolute Gasteiger partial charge is 0.492 e. The van der Waals surface area contributed by atoms with E-state index in [4.69, 9.17) is 24.1 Å². The van der Waals surface area contributed by atoms with Crippen molar-refractivity contribution in [1.29, 1.82) is 0 Å². The Morgan fingerprint density at radius 1 is 1.07 bits per heavy atom. The fraction of sp³-hybridized carbons (Fsp3) is 0.424. The summed E-state index contributed by atoms with van der Waals surface area (Å²) >= 11 is 0. The average molecular weight is 563 g/mol. The Hall–Kier alpha value is -3.62. The van der Waals surface area contributed by atoms with Crippen LogP contribution >= 0.6 is 0 Å². The van der Waals surface area contributed by atoms with Gasteiger partial charge in [-0.3, -0.25) is 4.79 Å². The van der Waals surface area contributed by atoms with Gasteiger partial charge in [0, 0.05) is 49.2 Å². The summed E-state index contributed by atoms with van der Waals surface area (Å²) in [6, 6.07) is 12.8. The zero-order valence-electron chi connectivity index (χ0n) is 23.4. The van der Waals surface area contributed by atoms with E-state index >= 15 is 4.39 Å². The van der Waals surface area contributed by atoms with E-state index in [0.29, 0.717) is 68.3 Å². The Bertz CT molecular complexity index is 1450. The van der Waals surface area contributed by atoms with Gasteiger partial charge >= 0.3 is 5.97 Å². The van der Waals surface area contributed by atoms with Crippen molar-refractivity contribution in [3.63, 3.8) is 0 Å². The molecular weight excluding hydrogens is 527 g/mol. The molecule has 0 saturated carbocycles. The Kier molecular flexibility index (Phi) is 7.38. The molecule has 0 aromatic heterocycles. The first kappa shape index (κ1) is 27.5. The third-order valence-electron chi connectivity index (χ3n) is 8.55. The van der Waals surface area contributed by atoms with E-state index in [-0.39, 0.29) is 24.8 Å². The highest BCUT2D eigenvalue weighted by atomic mass is 19.1. The van der Waals surface area contributed by atoms with E-state index in [1.165, 1.54) is 6.07 Å². The molecule has 0 spiro atoms. The summed E-state index contributed by atoms with van der Waals surface area (Å²) in [5.41, 5.74) is 5.59. The summed E-state index contributed by atoms with van der Waals surface area (Å²) in [4.78, 5) is 11.2. The predicted octanol–water partition coefficient (Wildman–Crippen LogP) is 6.05. The minimum Gasteiger partial charge on any atom is -0.492 e. The van der Waals surface area contributed by atoms with E-state index < -0.39 is 17.7 Å². The first-order chi connectivity index (χ1) is 19.7. The molecule has 2 heterocycles. The summed E-state index contributed by atoms with van der Waals surface area (Å²) in [7, 11) is 0. The molecular formula is C33H35FO7. The Morgan fingerprint density at radius 2 is 1.83 bits per heavy atom. The van der Waals surface area contributed by atoms with E-state index in [2.05, 4.69) is 0 Å². The number of carboxylic acids is 1. The van der Waals surface area contributed by atoms with Crippen LogP contribution in [0.1, 0.15) is 65.5 Å². The SMILES string of the molecule is Cc1cc(OCC2(O)CCOCC2)cc(C)c1-c1ccc(F)c2c1CC[C@H]2Oc1ccc2c(c1)OC[C@H]2CC(=O)O. The number of ether oxygens (including phenoxy) is 4. The normalized spacial score (nSPS) is 20.7. The Morgan fingerprint density at radius 3 is 2.56 bits per heavy atom. The van der Waals surface area contributed by atoms with Gasteiger partial charge in [0.2, 0.25) is 0 Å². The lowest BCUT2D eigenvalue weighted by molar-refractivity contribution is -0.137. The molecule has 41 heavy (non-hydrogen) atoms. The number of carboxylic acid groups (broad SMARTS) is 1. The second kappa shape index (κ2) is 11.0. The highest BCUT2D eigenvalue weighted by molar-refractivity contribution is 5.76. The number of benzene rings is 3. The zero-order chi connectivity index (χ0) is 28.7. The first-order valence-corrected chi connectivity index (χ1v) is 14.2. The van der Waals surface area contributed by atoms with Crippen LogP contribution in [0.3, 0.4) is 0 Å². The summed E-state index contributed by atoms with van der Waals surface area (Å²) in [5, 5.41) is 19.9. The van der Waals surface area contributed by atoms with Crippen molar-refractivity contribution < 1.29 is 38.3 Å². The van der Waals surface area contributed by atoms with Crippen molar-refractivity contribution in [2.45, 2.75) is 63.6 Å². The van der Waals surface area contributed by atoms with Gasteiger partial charge in [0.1, 0.15) is 41.4 Å². The second-order valence-corrected chi connectivity index (χ2v) is 11.5. The number of hydrogen-bond acceptors (Lipinski definition) is 6. The molecule has 7 nitrogen and oxygen atoms in total. The first-order valence-electron chi connectivity index (χ1n) is 14.2. The van der Waals surface area contributed by atoms with Gasteiger partial charge in [-0.2, -0.15) is 0 Å². The van der Waals surface area contributed by atoms with Gasteiger partial charge in [0.25, 0.3) is 0 Å². The molecule has 1 saturated heterocycles. The number of fused-ring (bicyclic) bond motifs is 2. The van der Waals surface area contributed by atoms with Gasteiger partial charge in [-0.05, 0) is 78.8 Å². The van der Waals surface area contributed by atoms with Crippen molar-refractivity contribution in [3.8, 4) is 28.4 Å². The predicted molar refractivity (Wildman–Crippen MR) is 150 cm³/mol. The highest BCUT2D eigenvalue weighted by Crippen LogP contribution is 2.45. The Balaban J connectivity index is 1.23. The van der Waals surface area contributed by atoms with Crippen LogP contribution in [0.4, 0.5) is 4.39 Å². The van der Waals surface area contributed by atoms with Crippen LogP contribution < -0.4 is 14.2 Å². The molecule has 1 aliphatic carbocycles. The van der Waals surface area contributed by atoms with Gasteiger partial charge in [-0.1, -0.05) is 12.1 Å². The monoisotopic (exact) mass is 562 g/mol. The van der Waals surface area contributed by atoms with Crippen LogP contribution in [0.2, 0.25) is 0 Å². The van der Waals surface area contributed by atoms with Gasteiger partial charge in [0.15, 0.2) is 0 Å². The van der Waals surface area contributed by atoms with Crippen molar-refractivity contribution in [2.24, 2.45) is 0 Å². The number of aliphatic carboxylic acids is 1. The third-order valence-corrected chi connectivity index (χ3v) is 8.55. The van der Waals surface area contributed by atoms with Crippen LogP contribution in [0, 0.1) is 19.7 Å². The standard InChI is InChI=1S/C33H35FO7/c1-19-13-23(40-18-33(37)9-11-38-12-10-33)14-20(2)31(19)25-5-7-27(34)32-26(25)6-8-28(32)41-22-3-4-24-21(15-30(35)36)17-39-29(24)16-22/h3-5,7,13-14,16,21,28,37H,6,8-12,15,17-18H2,1-2H3,(H,35,36)/t21-,28-/m1/s1. The van der Waals surface area contributed by atoms with Crippen molar-refractivity contribution in [3.05, 3.63) is 76.1 Å². The van der Waals surface area contributed by atoms with Gasteiger partial charge in [-0.15, -0.1) is 0 Å².